The monoisotopic (exact) mass is 240 g/mol. The molecule has 0 atom stereocenters. The Balaban J connectivity index is 2.31. The molecule has 17 heavy (non-hydrogen) atoms. The molecular weight excluding hydrogens is 220 g/mol. The van der Waals surface area contributed by atoms with Crippen molar-refractivity contribution in [2.24, 2.45) is 0 Å². The van der Waals surface area contributed by atoms with E-state index in [2.05, 4.69) is 11.8 Å². The van der Waals surface area contributed by atoms with E-state index in [1.807, 2.05) is 0 Å². The van der Waals surface area contributed by atoms with Crippen LogP contribution in [0, 0.1) is 0 Å². The van der Waals surface area contributed by atoms with Crippen LogP contribution in [0.2, 0.25) is 0 Å². The van der Waals surface area contributed by atoms with E-state index in [-0.39, 0.29) is 5.91 Å². The SMILES string of the molecule is CCCCN1CCN(C(=O)C=CC(=O)O)CC1. The second-order valence-electron chi connectivity index (χ2n) is 4.19. The smallest absolute Gasteiger partial charge is 0.328 e. The number of piperazine rings is 1. The highest BCUT2D eigenvalue weighted by atomic mass is 16.4. The zero-order chi connectivity index (χ0) is 12.7. The first-order chi connectivity index (χ1) is 8.13. The molecule has 1 saturated heterocycles. The molecule has 0 aromatic rings. The number of carboxylic acid groups (broad SMARTS) is 1. The molecule has 1 heterocycles. The molecule has 0 saturated carbocycles. The van der Waals surface area contributed by atoms with Gasteiger partial charge in [0.1, 0.15) is 0 Å². The lowest BCUT2D eigenvalue weighted by Crippen LogP contribution is -2.48. The van der Waals surface area contributed by atoms with Gasteiger partial charge in [0.05, 0.1) is 0 Å². The normalized spacial score (nSPS) is 17.6. The predicted molar refractivity (Wildman–Crippen MR) is 64.7 cm³/mol. The maximum atomic E-state index is 11.6. The minimum absolute atomic E-state index is 0.206. The van der Waals surface area contributed by atoms with Gasteiger partial charge in [-0.3, -0.25) is 9.69 Å². The second-order valence-corrected chi connectivity index (χ2v) is 4.19. The number of unbranched alkanes of at least 4 members (excludes halogenated alkanes) is 1. The predicted octanol–water partition coefficient (Wildman–Crippen LogP) is 0.572. The Morgan fingerprint density at radius 1 is 1.18 bits per heavy atom. The van der Waals surface area contributed by atoms with Gasteiger partial charge in [-0.25, -0.2) is 4.79 Å². The standard InChI is InChI=1S/C12H20N2O3/c1-2-3-6-13-7-9-14(10-8-13)11(15)4-5-12(16)17/h4-5H,2-3,6-10H2,1H3,(H,16,17). The van der Waals surface area contributed by atoms with Crippen molar-refractivity contribution in [1.82, 2.24) is 9.80 Å². The second kappa shape index (κ2) is 7.06. The Bertz CT molecular complexity index is 294. The maximum absolute atomic E-state index is 11.6. The summed E-state index contributed by atoms with van der Waals surface area (Å²) in [6.45, 7) is 6.39. The van der Waals surface area contributed by atoms with Crippen LogP contribution in [0.1, 0.15) is 19.8 Å². The number of aliphatic carboxylic acids is 1. The van der Waals surface area contributed by atoms with Crippen molar-refractivity contribution in [3.63, 3.8) is 0 Å². The molecule has 96 valence electrons. The van der Waals surface area contributed by atoms with Crippen molar-refractivity contribution in [3.05, 3.63) is 12.2 Å². The third-order valence-electron chi connectivity index (χ3n) is 2.88. The Morgan fingerprint density at radius 2 is 1.82 bits per heavy atom. The van der Waals surface area contributed by atoms with Gasteiger partial charge in [0.2, 0.25) is 5.91 Å². The molecule has 0 aromatic heterocycles. The molecule has 5 heteroatoms. The molecule has 1 rings (SSSR count). The molecular formula is C12H20N2O3. The summed E-state index contributed by atoms with van der Waals surface area (Å²) in [4.78, 5) is 25.9. The number of rotatable bonds is 5. The van der Waals surface area contributed by atoms with Gasteiger partial charge < -0.3 is 10.0 Å². The molecule has 0 unspecified atom stereocenters. The van der Waals surface area contributed by atoms with Gasteiger partial charge in [-0.15, -0.1) is 0 Å². The minimum atomic E-state index is -1.08. The number of amides is 1. The largest absolute Gasteiger partial charge is 0.478 e. The van der Waals surface area contributed by atoms with Gasteiger partial charge >= 0.3 is 5.97 Å². The molecule has 1 aliphatic heterocycles. The molecule has 0 radical (unpaired) electrons. The first kappa shape index (κ1) is 13.7. The molecule has 0 aromatic carbocycles. The lowest BCUT2D eigenvalue weighted by atomic mass is 10.2. The highest BCUT2D eigenvalue weighted by Crippen LogP contribution is 2.04. The Labute approximate surface area is 102 Å². The average molecular weight is 240 g/mol. The van der Waals surface area contributed by atoms with Gasteiger partial charge in [-0.05, 0) is 13.0 Å². The van der Waals surface area contributed by atoms with Gasteiger partial charge in [0.25, 0.3) is 0 Å². The minimum Gasteiger partial charge on any atom is -0.478 e. The van der Waals surface area contributed by atoms with Gasteiger partial charge in [-0.2, -0.15) is 0 Å². The highest BCUT2D eigenvalue weighted by Gasteiger charge is 2.18. The first-order valence-corrected chi connectivity index (χ1v) is 6.05. The number of carbonyl (C=O) groups is 2. The quantitative estimate of drug-likeness (QED) is 0.714. The van der Waals surface area contributed by atoms with Gasteiger partial charge in [0.15, 0.2) is 0 Å². The highest BCUT2D eigenvalue weighted by molar-refractivity contribution is 5.93. The molecule has 0 spiro atoms. The van der Waals surface area contributed by atoms with E-state index in [1.165, 1.54) is 12.8 Å². The molecule has 0 bridgehead atoms. The van der Waals surface area contributed by atoms with Crippen molar-refractivity contribution < 1.29 is 14.7 Å². The molecule has 1 N–H and O–H groups in total. The molecule has 1 aliphatic rings. The van der Waals surface area contributed by atoms with Crippen molar-refractivity contribution in [2.45, 2.75) is 19.8 Å². The average Bonchev–Trinajstić information content (AvgIpc) is 2.34. The number of carbonyl (C=O) groups excluding carboxylic acids is 1. The van der Waals surface area contributed by atoms with Gasteiger partial charge in [-0.1, -0.05) is 13.3 Å². The van der Waals surface area contributed by atoms with E-state index >= 15 is 0 Å². The Hall–Kier alpha value is -1.36. The van der Waals surface area contributed by atoms with E-state index in [4.69, 9.17) is 5.11 Å². The summed E-state index contributed by atoms with van der Waals surface area (Å²) >= 11 is 0. The third kappa shape index (κ3) is 4.99. The van der Waals surface area contributed by atoms with Crippen LogP contribution in [-0.2, 0) is 9.59 Å². The zero-order valence-electron chi connectivity index (χ0n) is 10.3. The van der Waals surface area contributed by atoms with E-state index in [0.29, 0.717) is 13.1 Å². The van der Waals surface area contributed by atoms with Crippen LogP contribution in [0.3, 0.4) is 0 Å². The molecule has 1 fully saturated rings. The van der Waals surface area contributed by atoms with E-state index < -0.39 is 5.97 Å². The summed E-state index contributed by atoms with van der Waals surface area (Å²) in [5, 5.41) is 8.43. The third-order valence-corrected chi connectivity index (χ3v) is 2.88. The van der Waals surface area contributed by atoms with Crippen LogP contribution in [0.5, 0.6) is 0 Å². The van der Waals surface area contributed by atoms with E-state index in [9.17, 15) is 9.59 Å². The number of nitrogens with zero attached hydrogens (tertiary/aromatic N) is 2. The molecule has 0 aliphatic carbocycles. The van der Waals surface area contributed by atoms with E-state index in [0.717, 1.165) is 31.8 Å². The van der Waals surface area contributed by atoms with Crippen molar-refractivity contribution >= 4 is 11.9 Å². The van der Waals surface area contributed by atoms with Crippen molar-refractivity contribution in [2.75, 3.05) is 32.7 Å². The number of carboxylic acids is 1. The summed E-state index contributed by atoms with van der Waals surface area (Å²) < 4.78 is 0. The fraction of sp³-hybridized carbons (Fsp3) is 0.667. The number of hydrogen-bond acceptors (Lipinski definition) is 3. The topological polar surface area (TPSA) is 60.9 Å². The maximum Gasteiger partial charge on any atom is 0.328 e. The first-order valence-electron chi connectivity index (χ1n) is 6.05. The van der Waals surface area contributed by atoms with Crippen LogP contribution in [0.25, 0.3) is 0 Å². The van der Waals surface area contributed by atoms with E-state index in [1.54, 1.807) is 4.90 Å². The van der Waals surface area contributed by atoms with Gasteiger partial charge in [0, 0.05) is 38.3 Å². The lowest BCUT2D eigenvalue weighted by Gasteiger charge is -2.34. The zero-order valence-corrected chi connectivity index (χ0v) is 10.3. The number of hydrogen-bond donors (Lipinski definition) is 1. The Kier molecular flexibility index (Phi) is 5.69. The van der Waals surface area contributed by atoms with Crippen LogP contribution < -0.4 is 0 Å². The summed E-state index contributed by atoms with van der Waals surface area (Å²) in [6.07, 6.45) is 4.39. The summed E-state index contributed by atoms with van der Waals surface area (Å²) in [5.74, 6) is -1.29. The summed E-state index contributed by atoms with van der Waals surface area (Å²) in [5.41, 5.74) is 0. The fourth-order valence-electron chi connectivity index (χ4n) is 1.82. The molecule has 5 nitrogen and oxygen atoms in total. The van der Waals surface area contributed by atoms with Crippen LogP contribution >= 0.6 is 0 Å². The summed E-state index contributed by atoms with van der Waals surface area (Å²) in [6, 6.07) is 0. The van der Waals surface area contributed by atoms with Crippen LogP contribution in [-0.4, -0.2) is 59.5 Å². The van der Waals surface area contributed by atoms with Crippen LogP contribution in [0.15, 0.2) is 12.2 Å². The van der Waals surface area contributed by atoms with Crippen molar-refractivity contribution in [1.29, 1.82) is 0 Å². The summed E-state index contributed by atoms with van der Waals surface area (Å²) in [7, 11) is 0. The molecule has 1 amide bonds. The van der Waals surface area contributed by atoms with Crippen LogP contribution in [0.4, 0.5) is 0 Å². The van der Waals surface area contributed by atoms with Crippen molar-refractivity contribution in [3.8, 4) is 0 Å². The fourth-order valence-corrected chi connectivity index (χ4v) is 1.82. The lowest BCUT2D eigenvalue weighted by molar-refractivity contribution is -0.132. The Morgan fingerprint density at radius 3 is 2.35 bits per heavy atom.